The van der Waals surface area contributed by atoms with Crippen molar-refractivity contribution in [3.8, 4) is 11.5 Å². The van der Waals surface area contributed by atoms with Gasteiger partial charge >= 0.3 is 6.03 Å². The summed E-state index contributed by atoms with van der Waals surface area (Å²) in [6.07, 6.45) is 1.64. The zero-order valence-corrected chi connectivity index (χ0v) is 22.1. The lowest BCUT2D eigenvalue weighted by molar-refractivity contribution is -0.133. The summed E-state index contributed by atoms with van der Waals surface area (Å²) >= 11 is 0. The van der Waals surface area contributed by atoms with Crippen LogP contribution < -0.4 is 14.8 Å². The van der Waals surface area contributed by atoms with Gasteiger partial charge in [-0.15, -0.1) is 0 Å². The molecule has 1 aromatic heterocycles. The van der Waals surface area contributed by atoms with Crippen LogP contribution in [0, 0.1) is 6.92 Å². The van der Waals surface area contributed by atoms with Crippen LogP contribution in [0.1, 0.15) is 29.9 Å². The number of nitrogens with one attached hydrogen (secondary N) is 1. The zero-order valence-electron chi connectivity index (χ0n) is 22.1. The molecule has 1 atom stereocenters. The summed E-state index contributed by atoms with van der Waals surface area (Å²) in [7, 11) is 3.09. The van der Waals surface area contributed by atoms with Crippen molar-refractivity contribution in [1.82, 2.24) is 9.80 Å². The monoisotopic (exact) mass is 521 g/mol. The quantitative estimate of drug-likeness (QED) is 0.388. The first-order valence-corrected chi connectivity index (χ1v) is 12.7. The summed E-state index contributed by atoms with van der Waals surface area (Å²) in [5.41, 5.74) is 1.47. The minimum absolute atomic E-state index is 0.114. The molecular formula is C29H35N3O6. The van der Waals surface area contributed by atoms with Crippen LogP contribution in [0.4, 0.5) is 10.5 Å². The van der Waals surface area contributed by atoms with Crippen molar-refractivity contribution in [2.75, 3.05) is 39.2 Å². The summed E-state index contributed by atoms with van der Waals surface area (Å²) in [5.74, 6) is 2.33. The lowest BCUT2D eigenvalue weighted by atomic mass is 10.2. The Morgan fingerprint density at radius 1 is 1.00 bits per heavy atom. The highest BCUT2D eigenvalue weighted by Crippen LogP contribution is 2.29. The smallest absolute Gasteiger partial charge is 0.322 e. The first kappa shape index (κ1) is 27.1. The molecule has 1 N–H and O–H groups in total. The summed E-state index contributed by atoms with van der Waals surface area (Å²) in [4.78, 5) is 30.4. The van der Waals surface area contributed by atoms with Gasteiger partial charge in [-0.2, -0.15) is 0 Å². The maximum absolute atomic E-state index is 13.7. The molecule has 0 saturated carbocycles. The number of anilines is 1. The molecule has 0 radical (unpaired) electrons. The molecule has 1 fully saturated rings. The fraction of sp³-hybridized carbons (Fsp3) is 0.379. The average molecular weight is 522 g/mol. The molecule has 2 aromatic carbocycles. The molecular weight excluding hydrogens is 486 g/mol. The summed E-state index contributed by atoms with van der Waals surface area (Å²) in [6, 6.07) is 18.2. The number of urea groups is 1. The van der Waals surface area contributed by atoms with Crippen molar-refractivity contribution < 1.29 is 28.2 Å². The lowest BCUT2D eigenvalue weighted by Gasteiger charge is -2.29. The molecule has 9 heteroatoms. The molecule has 0 spiro atoms. The fourth-order valence-electron chi connectivity index (χ4n) is 4.41. The molecule has 38 heavy (non-hydrogen) atoms. The van der Waals surface area contributed by atoms with E-state index in [1.807, 2.05) is 49.4 Å². The van der Waals surface area contributed by atoms with Gasteiger partial charge in [0.15, 0.2) is 0 Å². The Labute approximate surface area is 223 Å². The molecule has 1 unspecified atom stereocenters. The van der Waals surface area contributed by atoms with Gasteiger partial charge in [0, 0.05) is 25.8 Å². The molecule has 1 saturated heterocycles. The van der Waals surface area contributed by atoms with Crippen molar-refractivity contribution in [3.05, 3.63) is 77.7 Å². The molecule has 4 rings (SSSR count). The first-order valence-electron chi connectivity index (χ1n) is 12.7. The number of hydrogen-bond acceptors (Lipinski definition) is 6. The SMILES string of the molecule is COc1ccc(NC(=O)N(CC(=O)N(Cc2ccccc2)Cc2ccc(C)o2)CC2CCCO2)c(OC)c1. The number of carbonyl (C=O) groups is 2. The van der Waals surface area contributed by atoms with Gasteiger partial charge in [-0.05, 0) is 49.6 Å². The third-order valence-electron chi connectivity index (χ3n) is 6.42. The highest BCUT2D eigenvalue weighted by atomic mass is 16.5. The summed E-state index contributed by atoms with van der Waals surface area (Å²) in [5, 5.41) is 2.90. The third kappa shape index (κ3) is 7.29. The van der Waals surface area contributed by atoms with Gasteiger partial charge in [0.05, 0.1) is 32.6 Å². The minimum atomic E-state index is -0.411. The van der Waals surface area contributed by atoms with Gasteiger partial charge in [0.25, 0.3) is 0 Å². The predicted molar refractivity (Wildman–Crippen MR) is 143 cm³/mol. The molecule has 3 aromatic rings. The molecule has 1 aliphatic rings. The van der Waals surface area contributed by atoms with E-state index in [0.717, 1.165) is 24.2 Å². The van der Waals surface area contributed by atoms with Crippen molar-refractivity contribution in [2.45, 2.75) is 39.0 Å². The van der Waals surface area contributed by atoms with E-state index in [2.05, 4.69) is 5.32 Å². The number of carbonyl (C=O) groups excluding carboxylic acids is 2. The number of furan rings is 1. The maximum Gasteiger partial charge on any atom is 0.322 e. The van der Waals surface area contributed by atoms with Crippen molar-refractivity contribution in [3.63, 3.8) is 0 Å². The number of aryl methyl sites for hydroxylation is 1. The van der Waals surface area contributed by atoms with E-state index in [-0.39, 0.29) is 18.6 Å². The standard InChI is InChI=1S/C29H35N3O6/c1-21-11-12-25(38-21)19-31(17-22-8-5-4-6-9-22)28(33)20-32(18-24-10-7-15-37-24)29(34)30-26-14-13-23(35-2)16-27(26)36-3/h4-6,8-9,11-14,16,24H,7,10,15,17-20H2,1-3H3,(H,30,34). The molecule has 0 bridgehead atoms. The van der Waals surface area contributed by atoms with Gasteiger partial charge in [0.2, 0.25) is 5.91 Å². The Hall–Kier alpha value is -3.98. The van der Waals surface area contributed by atoms with Crippen LogP contribution in [-0.4, -0.2) is 61.8 Å². The number of ether oxygens (including phenoxy) is 3. The average Bonchev–Trinajstić information content (AvgIpc) is 3.60. The van der Waals surface area contributed by atoms with Crippen LogP contribution in [0.15, 0.2) is 65.1 Å². The Bertz CT molecular complexity index is 1210. The van der Waals surface area contributed by atoms with Crippen LogP contribution in [-0.2, 0) is 22.6 Å². The van der Waals surface area contributed by atoms with Gasteiger partial charge in [-0.3, -0.25) is 4.79 Å². The Balaban J connectivity index is 1.53. The molecule has 1 aliphatic heterocycles. The molecule has 3 amide bonds. The topological polar surface area (TPSA) is 93.5 Å². The fourth-order valence-corrected chi connectivity index (χ4v) is 4.41. The Kier molecular flexibility index (Phi) is 9.26. The van der Waals surface area contributed by atoms with E-state index >= 15 is 0 Å². The maximum atomic E-state index is 13.7. The number of hydrogen-bond donors (Lipinski definition) is 1. The van der Waals surface area contributed by atoms with E-state index in [9.17, 15) is 9.59 Å². The van der Waals surface area contributed by atoms with E-state index in [4.69, 9.17) is 18.6 Å². The van der Waals surface area contributed by atoms with Gasteiger partial charge < -0.3 is 33.7 Å². The number of amides is 3. The highest BCUT2D eigenvalue weighted by molar-refractivity contribution is 5.93. The summed E-state index contributed by atoms with van der Waals surface area (Å²) < 4.78 is 22.2. The minimum Gasteiger partial charge on any atom is -0.497 e. The van der Waals surface area contributed by atoms with Crippen LogP contribution in [0.2, 0.25) is 0 Å². The normalized spacial score (nSPS) is 14.7. The van der Waals surface area contributed by atoms with E-state index in [1.54, 1.807) is 30.2 Å². The van der Waals surface area contributed by atoms with Crippen molar-refractivity contribution >= 4 is 17.6 Å². The molecule has 9 nitrogen and oxygen atoms in total. The van der Waals surface area contributed by atoms with E-state index in [1.165, 1.54) is 12.0 Å². The Morgan fingerprint density at radius 3 is 2.47 bits per heavy atom. The van der Waals surface area contributed by atoms with E-state index in [0.29, 0.717) is 49.2 Å². The molecule has 0 aliphatic carbocycles. The first-order chi connectivity index (χ1) is 18.4. The van der Waals surface area contributed by atoms with Crippen LogP contribution in [0.25, 0.3) is 0 Å². The Morgan fingerprint density at radius 2 is 1.82 bits per heavy atom. The van der Waals surface area contributed by atoms with Crippen molar-refractivity contribution in [1.29, 1.82) is 0 Å². The molecule has 202 valence electrons. The van der Waals surface area contributed by atoms with Crippen molar-refractivity contribution in [2.24, 2.45) is 0 Å². The summed E-state index contributed by atoms with van der Waals surface area (Å²) in [6.45, 7) is 3.39. The van der Waals surface area contributed by atoms with Gasteiger partial charge in [-0.1, -0.05) is 30.3 Å². The third-order valence-corrected chi connectivity index (χ3v) is 6.42. The second-order valence-corrected chi connectivity index (χ2v) is 9.26. The van der Waals surface area contributed by atoms with Crippen LogP contribution in [0.3, 0.4) is 0 Å². The molecule has 2 heterocycles. The van der Waals surface area contributed by atoms with Gasteiger partial charge in [0.1, 0.15) is 29.6 Å². The second-order valence-electron chi connectivity index (χ2n) is 9.26. The predicted octanol–water partition coefficient (Wildman–Crippen LogP) is 4.85. The number of benzene rings is 2. The largest absolute Gasteiger partial charge is 0.497 e. The number of rotatable bonds is 11. The lowest BCUT2D eigenvalue weighted by Crippen LogP contribution is -2.46. The van der Waals surface area contributed by atoms with E-state index < -0.39 is 6.03 Å². The number of methoxy groups -OCH3 is 2. The zero-order chi connectivity index (χ0) is 26.9. The van der Waals surface area contributed by atoms with Crippen LogP contribution >= 0.6 is 0 Å². The van der Waals surface area contributed by atoms with Gasteiger partial charge in [-0.25, -0.2) is 4.79 Å². The van der Waals surface area contributed by atoms with Crippen LogP contribution in [0.5, 0.6) is 11.5 Å². The number of nitrogens with zero attached hydrogens (tertiary/aromatic N) is 2. The second kappa shape index (κ2) is 13.0. The highest BCUT2D eigenvalue weighted by Gasteiger charge is 2.27.